The van der Waals surface area contributed by atoms with Gasteiger partial charge in [-0.3, -0.25) is 4.79 Å². The van der Waals surface area contributed by atoms with E-state index in [4.69, 9.17) is 9.47 Å². The minimum absolute atomic E-state index is 0.317. The van der Waals surface area contributed by atoms with Gasteiger partial charge in [0.25, 0.3) is 5.91 Å². The molecule has 0 heterocycles. The fourth-order valence-electron chi connectivity index (χ4n) is 2.05. The third-order valence-electron chi connectivity index (χ3n) is 3.27. The third-order valence-corrected chi connectivity index (χ3v) is 3.27. The van der Waals surface area contributed by atoms with Gasteiger partial charge in [0.15, 0.2) is 6.61 Å². The van der Waals surface area contributed by atoms with E-state index in [0.29, 0.717) is 30.3 Å². The molecule has 1 amide bonds. The van der Waals surface area contributed by atoms with Gasteiger partial charge in [-0.25, -0.2) is 18.4 Å². The quantitative estimate of drug-likeness (QED) is 0.749. The normalized spacial score (nSPS) is 10.2. The Morgan fingerprint density at radius 3 is 2.07 bits per heavy atom. The lowest BCUT2D eigenvalue weighted by atomic mass is 10.2. The van der Waals surface area contributed by atoms with Crippen molar-refractivity contribution in [2.75, 3.05) is 18.5 Å². The van der Waals surface area contributed by atoms with Gasteiger partial charge < -0.3 is 14.8 Å². The van der Waals surface area contributed by atoms with Crippen LogP contribution in [0.4, 0.5) is 14.5 Å². The highest BCUT2D eigenvalue weighted by Gasteiger charge is 2.13. The number of carbonyl (C=O) groups excluding carboxylic acids is 3. The molecule has 0 fully saturated rings. The van der Waals surface area contributed by atoms with Gasteiger partial charge in [-0.15, -0.1) is 0 Å². The Hall–Kier alpha value is -3.29. The third kappa shape index (κ3) is 6.18. The Balaban J connectivity index is 1.86. The molecule has 2 aromatic carbocycles. The van der Waals surface area contributed by atoms with Crippen LogP contribution < -0.4 is 5.32 Å². The molecule has 2 rings (SSSR count). The van der Waals surface area contributed by atoms with Crippen molar-refractivity contribution in [3.8, 4) is 0 Å². The van der Waals surface area contributed by atoms with E-state index >= 15 is 0 Å². The molecular weight excluding hydrogens is 360 g/mol. The number of esters is 2. The van der Waals surface area contributed by atoms with Crippen molar-refractivity contribution in [2.45, 2.75) is 13.3 Å². The van der Waals surface area contributed by atoms with E-state index < -0.39 is 36.1 Å². The molecule has 142 valence electrons. The van der Waals surface area contributed by atoms with Crippen LogP contribution in [0.3, 0.4) is 0 Å². The van der Waals surface area contributed by atoms with E-state index in [0.717, 1.165) is 12.1 Å². The van der Waals surface area contributed by atoms with Crippen molar-refractivity contribution in [1.82, 2.24) is 0 Å². The first-order chi connectivity index (χ1) is 12.9. The fraction of sp³-hybridized carbons (Fsp3) is 0.211. The molecule has 2 aromatic rings. The second kappa shape index (κ2) is 9.42. The van der Waals surface area contributed by atoms with Gasteiger partial charge in [-0.2, -0.15) is 0 Å². The first-order valence-corrected chi connectivity index (χ1v) is 8.09. The van der Waals surface area contributed by atoms with Crippen LogP contribution in [0.1, 0.15) is 34.1 Å². The van der Waals surface area contributed by atoms with Crippen LogP contribution in [0.5, 0.6) is 0 Å². The maximum Gasteiger partial charge on any atom is 0.338 e. The predicted molar refractivity (Wildman–Crippen MR) is 92.3 cm³/mol. The molecule has 0 aliphatic carbocycles. The molecule has 6 nitrogen and oxygen atoms in total. The Morgan fingerprint density at radius 1 is 0.889 bits per heavy atom. The molecule has 0 aliphatic heterocycles. The standard InChI is InChI=1S/C19H17F2NO5/c1-2-7-26-18(24)12-3-5-16(6-4-12)22-17(23)11-27-19(25)13-8-14(20)10-15(21)9-13/h3-6,8-10H,2,7,11H2,1H3,(H,22,23). The number of ether oxygens (including phenoxy) is 2. The highest BCUT2D eigenvalue weighted by Crippen LogP contribution is 2.12. The van der Waals surface area contributed by atoms with E-state index in [1.54, 1.807) is 0 Å². The minimum atomic E-state index is -1.03. The number of benzene rings is 2. The average Bonchev–Trinajstić information content (AvgIpc) is 2.64. The first-order valence-electron chi connectivity index (χ1n) is 8.09. The summed E-state index contributed by atoms with van der Waals surface area (Å²) < 4.78 is 35.9. The molecule has 0 atom stereocenters. The van der Waals surface area contributed by atoms with Crippen LogP contribution in [-0.2, 0) is 14.3 Å². The van der Waals surface area contributed by atoms with Gasteiger partial charge in [-0.1, -0.05) is 6.92 Å². The number of halogens is 2. The summed E-state index contributed by atoms with van der Waals surface area (Å²) >= 11 is 0. The zero-order chi connectivity index (χ0) is 19.8. The fourth-order valence-corrected chi connectivity index (χ4v) is 2.05. The Kier molecular flexibility index (Phi) is 6.99. The lowest BCUT2D eigenvalue weighted by molar-refractivity contribution is -0.119. The Labute approximate surface area is 154 Å². The molecule has 27 heavy (non-hydrogen) atoms. The lowest BCUT2D eigenvalue weighted by Gasteiger charge is -2.08. The molecular formula is C19H17F2NO5. The Bertz CT molecular complexity index is 816. The molecule has 0 aromatic heterocycles. The van der Waals surface area contributed by atoms with Crippen molar-refractivity contribution in [1.29, 1.82) is 0 Å². The summed E-state index contributed by atoms with van der Waals surface area (Å²) in [6, 6.07) is 8.17. The summed E-state index contributed by atoms with van der Waals surface area (Å²) in [5, 5.41) is 2.46. The molecule has 0 unspecified atom stereocenters. The van der Waals surface area contributed by atoms with Crippen LogP contribution in [0.15, 0.2) is 42.5 Å². The van der Waals surface area contributed by atoms with Crippen molar-refractivity contribution in [3.63, 3.8) is 0 Å². The number of hydrogen-bond acceptors (Lipinski definition) is 5. The molecule has 1 N–H and O–H groups in total. The molecule has 8 heteroatoms. The number of rotatable bonds is 7. The minimum Gasteiger partial charge on any atom is -0.462 e. The smallest absolute Gasteiger partial charge is 0.338 e. The van der Waals surface area contributed by atoms with Gasteiger partial charge in [-0.05, 0) is 42.8 Å². The van der Waals surface area contributed by atoms with Gasteiger partial charge >= 0.3 is 11.9 Å². The largest absolute Gasteiger partial charge is 0.462 e. The van der Waals surface area contributed by atoms with E-state index in [-0.39, 0.29) is 5.56 Å². The molecule has 0 saturated heterocycles. The highest BCUT2D eigenvalue weighted by molar-refractivity contribution is 5.96. The number of anilines is 1. The second-order valence-electron chi connectivity index (χ2n) is 5.50. The van der Waals surface area contributed by atoms with Crippen molar-refractivity contribution in [2.24, 2.45) is 0 Å². The number of carbonyl (C=O) groups is 3. The van der Waals surface area contributed by atoms with Gasteiger partial charge in [0.05, 0.1) is 17.7 Å². The summed E-state index contributed by atoms with van der Waals surface area (Å²) in [5.41, 5.74) is 0.371. The van der Waals surface area contributed by atoms with E-state index in [2.05, 4.69) is 5.32 Å². The molecule has 0 spiro atoms. The average molecular weight is 377 g/mol. The Morgan fingerprint density at radius 2 is 1.48 bits per heavy atom. The van der Waals surface area contributed by atoms with Crippen LogP contribution in [0.25, 0.3) is 0 Å². The van der Waals surface area contributed by atoms with Crippen LogP contribution in [0.2, 0.25) is 0 Å². The van der Waals surface area contributed by atoms with Crippen molar-refractivity contribution < 1.29 is 32.6 Å². The molecule has 0 bridgehead atoms. The maximum atomic E-state index is 13.1. The number of nitrogens with one attached hydrogen (secondary N) is 1. The van der Waals surface area contributed by atoms with Crippen molar-refractivity contribution in [3.05, 3.63) is 65.2 Å². The summed E-state index contributed by atoms with van der Waals surface area (Å²) in [6.45, 7) is 1.55. The molecule has 0 aliphatic rings. The van der Waals surface area contributed by atoms with E-state index in [1.807, 2.05) is 6.92 Å². The summed E-state index contributed by atoms with van der Waals surface area (Å²) in [4.78, 5) is 35.2. The predicted octanol–water partition coefficient (Wildman–Crippen LogP) is 3.33. The lowest BCUT2D eigenvalue weighted by Crippen LogP contribution is -2.21. The number of amides is 1. The zero-order valence-corrected chi connectivity index (χ0v) is 14.5. The summed E-state index contributed by atoms with van der Waals surface area (Å²) in [6.07, 6.45) is 0.709. The van der Waals surface area contributed by atoms with Crippen molar-refractivity contribution >= 4 is 23.5 Å². The first kappa shape index (κ1) is 20.0. The second-order valence-corrected chi connectivity index (χ2v) is 5.50. The summed E-state index contributed by atoms with van der Waals surface area (Å²) in [7, 11) is 0. The van der Waals surface area contributed by atoms with Gasteiger partial charge in [0.2, 0.25) is 0 Å². The van der Waals surface area contributed by atoms with Gasteiger partial charge in [0.1, 0.15) is 11.6 Å². The van der Waals surface area contributed by atoms with E-state index in [1.165, 1.54) is 24.3 Å². The van der Waals surface area contributed by atoms with Crippen LogP contribution in [-0.4, -0.2) is 31.1 Å². The monoisotopic (exact) mass is 377 g/mol. The SMILES string of the molecule is CCCOC(=O)c1ccc(NC(=O)COC(=O)c2cc(F)cc(F)c2)cc1. The van der Waals surface area contributed by atoms with Crippen LogP contribution in [0, 0.1) is 11.6 Å². The molecule has 0 saturated carbocycles. The maximum absolute atomic E-state index is 13.1. The number of hydrogen-bond donors (Lipinski definition) is 1. The van der Waals surface area contributed by atoms with E-state index in [9.17, 15) is 23.2 Å². The zero-order valence-electron chi connectivity index (χ0n) is 14.5. The van der Waals surface area contributed by atoms with Gasteiger partial charge in [0, 0.05) is 11.8 Å². The highest BCUT2D eigenvalue weighted by atomic mass is 19.1. The summed E-state index contributed by atoms with van der Waals surface area (Å²) in [5.74, 6) is -4.00. The van der Waals surface area contributed by atoms with Crippen LogP contribution >= 0.6 is 0 Å². The topological polar surface area (TPSA) is 81.7 Å². The molecule has 0 radical (unpaired) electrons.